The van der Waals surface area contributed by atoms with E-state index in [2.05, 4.69) is 49.3 Å². The number of aromatic nitrogens is 1. The molecule has 1 N–H and O–H groups in total. The Balaban J connectivity index is 1.68. The van der Waals surface area contributed by atoms with Gasteiger partial charge in [-0.15, -0.1) is 0 Å². The Morgan fingerprint density at radius 2 is 1.96 bits per heavy atom. The number of carbonyl (C=O) groups is 1. The van der Waals surface area contributed by atoms with Crippen LogP contribution in [0.4, 0.5) is 0 Å². The average Bonchev–Trinajstić information content (AvgIpc) is 3.42. The fourth-order valence-electron chi connectivity index (χ4n) is 3.37. The van der Waals surface area contributed by atoms with Crippen LogP contribution >= 0.6 is 0 Å². The molecule has 1 fully saturated rings. The molecule has 1 amide bonds. The third-order valence-electron chi connectivity index (χ3n) is 4.98. The van der Waals surface area contributed by atoms with Gasteiger partial charge < -0.3 is 10.1 Å². The van der Waals surface area contributed by atoms with E-state index >= 15 is 0 Å². The molecule has 1 aliphatic carbocycles. The number of nitrogens with zero attached hydrogens (tertiary/aromatic N) is 1. The summed E-state index contributed by atoms with van der Waals surface area (Å²) in [6.45, 7) is 7.40. The quantitative estimate of drug-likeness (QED) is 0.724. The first-order valence-electron chi connectivity index (χ1n) is 9.49. The van der Waals surface area contributed by atoms with Crippen LogP contribution in [0.5, 0.6) is 5.88 Å². The van der Waals surface area contributed by atoms with Crippen LogP contribution in [0, 0.1) is 13.8 Å². The maximum Gasteiger partial charge on any atom is 0.230 e. The summed E-state index contributed by atoms with van der Waals surface area (Å²) in [5.41, 5.74) is 4.12. The first-order valence-corrected chi connectivity index (χ1v) is 9.49. The molecule has 4 nitrogen and oxygen atoms in total. The summed E-state index contributed by atoms with van der Waals surface area (Å²) in [6, 6.07) is 10.3. The highest BCUT2D eigenvalue weighted by atomic mass is 16.5. The molecule has 1 saturated carbocycles. The van der Waals surface area contributed by atoms with Gasteiger partial charge in [0, 0.05) is 18.3 Å². The summed E-state index contributed by atoms with van der Waals surface area (Å²) < 4.78 is 5.76. The van der Waals surface area contributed by atoms with Crippen LogP contribution in [0.3, 0.4) is 0 Å². The van der Waals surface area contributed by atoms with Gasteiger partial charge in [0.2, 0.25) is 11.8 Å². The maximum atomic E-state index is 12.9. The predicted molar refractivity (Wildman–Crippen MR) is 103 cm³/mol. The average molecular weight is 352 g/mol. The topological polar surface area (TPSA) is 51.2 Å². The van der Waals surface area contributed by atoms with Gasteiger partial charge in [0.1, 0.15) is 0 Å². The molecule has 138 valence electrons. The first kappa shape index (κ1) is 18.4. The highest BCUT2D eigenvalue weighted by molar-refractivity contribution is 5.91. The van der Waals surface area contributed by atoms with Gasteiger partial charge >= 0.3 is 0 Å². The minimum Gasteiger partial charge on any atom is -0.477 e. The molecule has 0 atom stereocenters. The minimum absolute atomic E-state index is 0.103. The number of ether oxygens (including phenoxy) is 1. The molecular formula is C22H28N2O2. The number of rotatable bonds is 8. The zero-order valence-corrected chi connectivity index (χ0v) is 16.0. The van der Waals surface area contributed by atoms with E-state index in [9.17, 15) is 4.79 Å². The van der Waals surface area contributed by atoms with Crippen molar-refractivity contribution in [2.24, 2.45) is 0 Å². The Hall–Kier alpha value is -2.36. The number of hydrogen-bond donors (Lipinski definition) is 1. The van der Waals surface area contributed by atoms with Crippen molar-refractivity contribution in [1.82, 2.24) is 10.3 Å². The molecule has 4 heteroatoms. The van der Waals surface area contributed by atoms with Crippen molar-refractivity contribution in [1.29, 1.82) is 0 Å². The highest BCUT2D eigenvalue weighted by Gasteiger charge is 2.51. The zero-order valence-electron chi connectivity index (χ0n) is 16.0. The second-order valence-corrected chi connectivity index (χ2v) is 7.31. The summed E-state index contributed by atoms with van der Waals surface area (Å²) in [4.78, 5) is 17.2. The SMILES string of the molecule is CCCCOc1ncccc1CNC(=O)C1(c2cc(C)cc(C)c2)CC1. The molecule has 2 aromatic rings. The van der Waals surface area contributed by atoms with Gasteiger partial charge in [-0.2, -0.15) is 0 Å². The van der Waals surface area contributed by atoms with Crippen LogP contribution in [-0.4, -0.2) is 17.5 Å². The Bertz CT molecular complexity index is 761. The normalized spacial score (nSPS) is 14.7. The number of pyridine rings is 1. The molecule has 0 unspecified atom stereocenters. The summed E-state index contributed by atoms with van der Waals surface area (Å²) in [6.07, 6.45) is 5.63. The number of nitrogens with one attached hydrogen (secondary N) is 1. The van der Waals surface area contributed by atoms with Gasteiger partial charge in [-0.3, -0.25) is 4.79 Å². The number of aryl methyl sites for hydroxylation is 2. The molecule has 0 saturated heterocycles. The van der Waals surface area contributed by atoms with Crippen molar-refractivity contribution in [3.8, 4) is 5.88 Å². The zero-order chi connectivity index (χ0) is 18.6. The fourth-order valence-corrected chi connectivity index (χ4v) is 3.37. The van der Waals surface area contributed by atoms with Crippen LogP contribution in [0.25, 0.3) is 0 Å². The standard InChI is InChI=1S/C22H28N2O2/c1-4-5-11-26-20-18(7-6-10-23-20)15-24-21(25)22(8-9-22)19-13-16(2)12-17(3)14-19/h6-7,10,12-14H,4-5,8-9,11,15H2,1-3H3,(H,24,25). The molecule has 26 heavy (non-hydrogen) atoms. The largest absolute Gasteiger partial charge is 0.477 e. The Morgan fingerprint density at radius 3 is 2.62 bits per heavy atom. The molecular weight excluding hydrogens is 324 g/mol. The lowest BCUT2D eigenvalue weighted by Crippen LogP contribution is -2.34. The summed E-state index contributed by atoms with van der Waals surface area (Å²) >= 11 is 0. The Labute approximate surface area is 156 Å². The van der Waals surface area contributed by atoms with Gasteiger partial charge in [-0.05, 0) is 44.7 Å². The van der Waals surface area contributed by atoms with E-state index < -0.39 is 0 Å². The summed E-state index contributed by atoms with van der Waals surface area (Å²) in [5, 5.41) is 3.11. The molecule has 1 aromatic carbocycles. The molecule has 0 bridgehead atoms. The van der Waals surface area contributed by atoms with E-state index in [-0.39, 0.29) is 11.3 Å². The van der Waals surface area contributed by atoms with Gasteiger partial charge in [-0.1, -0.05) is 48.7 Å². The van der Waals surface area contributed by atoms with Crippen LogP contribution < -0.4 is 10.1 Å². The minimum atomic E-state index is -0.359. The molecule has 3 rings (SSSR count). The van der Waals surface area contributed by atoms with E-state index in [4.69, 9.17) is 4.74 Å². The van der Waals surface area contributed by atoms with Crippen molar-refractivity contribution in [3.63, 3.8) is 0 Å². The third kappa shape index (κ3) is 4.06. The van der Waals surface area contributed by atoms with Gasteiger partial charge in [0.15, 0.2) is 0 Å². The molecule has 1 heterocycles. The second kappa shape index (κ2) is 7.90. The van der Waals surface area contributed by atoms with Crippen molar-refractivity contribution in [2.45, 2.75) is 58.4 Å². The maximum absolute atomic E-state index is 12.9. The third-order valence-corrected chi connectivity index (χ3v) is 4.98. The Kier molecular flexibility index (Phi) is 5.60. The first-order chi connectivity index (χ1) is 12.5. The van der Waals surface area contributed by atoms with Crippen molar-refractivity contribution < 1.29 is 9.53 Å². The van der Waals surface area contributed by atoms with E-state index in [1.165, 1.54) is 11.1 Å². The van der Waals surface area contributed by atoms with Gasteiger partial charge in [0.25, 0.3) is 0 Å². The second-order valence-electron chi connectivity index (χ2n) is 7.31. The van der Waals surface area contributed by atoms with Crippen molar-refractivity contribution in [3.05, 3.63) is 58.8 Å². The Morgan fingerprint density at radius 1 is 1.23 bits per heavy atom. The number of carbonyl (C=O) groups excluding carboxylic acids is 1. The van der Waals surface area contributed by atoms with Crippen LogP contribution in [-0.2, 0) is 16.8 Å². The number of benzene rings is 1. The monoisotopic (exact) mass is 352 g/mol. The lowest BCUT2D eigenvalue weighted by molar-refractivity contribution is -0.123. The smallest absolute Gasteiger partial charge is 0.230 e. The molecule has 0 spiro atoms. The van der Waals surface area contributed by atoms with Crippen LogP contribution in [0.1, 0.15) is 54.9 Å². The lowest BCUT2D eigenvalue weighted by Gasteiger charge is -2.18. The predicted octanol–water partition coefficient (Wildman–Crippen LogP) is 4.23. The van der Waals surface area contributed by atoms with Gasteiger partial charge in [0.05, 0.1) is 12.0 Å². The number of unbranched alkanes of at least 4 members (excludes halogenated alkanes) is 1. The summed E-state index contributed by atoms with van der Waals surface area (Å²) in [7, 11) is 0. The van der Waals surface area contributed by atoms with Crippen LogP contribution in [0.15, 0.2) is 36.5 Å². The van der Waals surface area contributed by atoms with Crippen molar-refractivity contribution >= 4 is 5.91 Å². The lowest BCUT2D eigenvalue weighted by atomic mass is 9.92. The molecule has 1 aromatic heterocycles. The van der Waals surface area contributed by atoms with Crippen molar-refractivity contribution in [2.75, 3.05) is 6.61 Å². The van der Waals surface area contributed by atoms with E-state index in [1.807, 2.05) is 12.1 Å². The van der Waals surface area contributed by atoms with Crippen LogP contribution in [0.2, 0.25) is 0 Å². The molecule has 0 radical (unpaired) electrons. The highest BCUT2D eigenvalue weighted by Crippen LogP contribution is 2.48. The fraction of sp³-hybridized carbons (Fsp3) is 0.455. The van der Waals surface area contributed by atoms with E-state index in [0.717, 1.165) is 36.8 Å². The number of amides is 1. The molecule has 0 aliphatic heterocycles. The molecule has 1 aliphatic rings. The van der Waals surface area contributed by atoms with Gasteiger partial charge in [-0.25, -0.2) is 4.98 Å². The van der Waals surface area contributed by atoms with E-state index in [0.29, 0.717) is 19.0 Å². The van der Waals surface area contributed by atoms with E-state index in [1.54, 1.807) is 6.20 Å². The number of hydrogen-bond acceptors (Lipinski definition) is 3. The summed E-state index contributed by atoms with van der Waals surface area (Å²) in [5.74, 6) is 0.725.